The van der Waals surface area contributed by atoms with Crippen LogP contribution in [-0.4, -0.2) is 56.6 Å². The topological polar surface area (TPSA) is 92.0 Å². The van der Waals surface area contributed by atoms with Crippen molar-refractivity contribution < 1.29 is 9.53 Å². The number of likely N-dealkylation sites (tertiary alicyclic amines) is 1. The standard InChI is InChI=1S/C21H35N5O2.HI/c1-5-23-20(25-15-21(2,3)19(22)27)24-14-17(26-12-8-9-13-26)16-10-6-7-11-18(16)28-4;/h6-7,10-11,17H,5,8-9,12-15H2,1-4H3,(H2,22,27)(H2,23,24,25);1H. The molecular weight excluding hydrogens is 481 g/mol. The second kappa shape index (κ2) is 12.2. The van der Waals surface area contributed by atoms with E-state index in [2.05, 4.69) is 32.7 Å². The van der Waals surface area contributed by atoms with E-state index in [1.165, 1.54) is 18.4 Å². The molecule has 0 radical (unpaired) electrons. The number of methoxy groups -OCH3 is 1. The Balaban J connectivity index is 0.00000420. The van der Waals surface area contributed by atoms with Gasteiger partial charge in [-0.1, -0.05) is 18.2 Å². The monoisotopic (exact) mass is 517 g/mol. The average Bonchev–Trinajstić information content (AvgIpc) is 3.21. The fourth-order valence-electron chi connectivity index (χ4n) is 3.32. The summed E-state index contributed by atoms with van der Waals surface area (Å²) in [6.45, 7) is 9.57. The number of guanidine groups is 1. The predicted molar refractivity (Wildman–Crippen MR) is 129 cm³/mol. The minimum atomic E-state index is -0.681. The van der Waals surface area contributed by atoms with E-state index in [0.29, 0.717) is 19.0 Å². The number of para-hydroxylation sites is 1. The van der Waals surface area contributed by atoms with Gasteiger partial charge in [-0.2, -0.15) is 0 Å². The normalized spacial score (nSPS) is 16.1. The van der Waals surface area contributed by atoms with Crippen molar-refractivity contribution in [3.63, 3.8) is 0 Å². The van der Waals surface area contributed by atoms with Crippen LogP contribution in [0.5, 0.6) is 5.75 Å². The molecule has 0 aromatic heterocycles. The van der Waals surface area contributed by atoms with Crippen LogP contribution in [0, 0.1) is 5.41 Å². The van der Waals surface area contributed by atoms with Crippen LogP contribution in [-0.2, 0) is 4.79 Å². The van der Waals surface area contributed by atoms with Crippen LogP contribution in [0.2, 0.25) is 0 Å². The van der Waals surface area contributed by atoms with E-state index < -0.39 is 5.41 Å². The van der Waals surface area contributed by atoms with Crippen LogP contribution in [0.3, 0.4) is 0 Å². The first-order valence-electron chi connectivity index (χ1n) is 10.1. The summed E-state index contributed by atoms with van der Waals surface area (Å²) in [6.07, 6.45) is 2.43. The average molecular weight is 517 g/mol. The van der Waals surface area contributed by atoms with Gasteiger partial charge in [0.25, 0.3) is 0 Å². The third-order valence-corrected chi connectivity index (χ3v) is 5.19. The maximum Gasteiger partial charge on any atom is 0.224 e. The molecule has 0 bridgehead atoms. The number of carbonyl (C=O) groups excluding carboxylic acids is 1. The molecule has 2 rings (SSSR count). The molecule has 1 amide bonds. The van der Waals surface area contributed by atoms with Crippen LogP contribution < -0.4 is 21.1 Å². The van der Waals surface area contributed by atoms with E-state index in [-0.39, 0.29) is 35.9 Å². The minimum absolute atomic E-state index is 0. The van der Waals surface area contributed by atoms with Crippen LogP contribution >= 0.6 is 24.0 Å². The van der Waals surface area contributed by atoms with Gasteiger partial charge in [-0.15, -0.1) is 24.0 Å². The van der Waals surface area contributed by atoms with E-state index in [1.807, 2.05) is 32.9 Å². The third kappa shape index (κ3) is 7.33. The van der Waals surface area contributed by atoms with Crippen molar-refractivity contribution in [1.29, 1.82) is 0 Å². The van der Waals surface area contributed by atoms with Crippen molar-refractivity contribution in [2.75, 3.05) is 39.8 Å². The maximum absolute atomic E-state index is 11.6. The van der Waals surface area contributed by atoms with Gasteiger partial charge in [-0.25, -0.2) is 0 Å². The number of carbonyl (C=O) groups is 1. The summed E-state index contributed by atoms with van der Waals surface area (Å²) in [5.41, 5.74) is 5.97. The number of benzene rings is 1. The van der Waals surface area contributed by atoms with E-state index >= 15 is 0 Å². The zero-order valence-corrected chi connectivity index (χ0v) is 20.4. The van der Waals surface area contributed by atoms with E-state index in [0.717, 1.165) is 25.4 Å². The van der Waals surface area contributed by atoms with Gasteiger partial charge < -0.3 is 21.1 Å². The van der Waals surface area contributed by atoms with Gasteiger partial charge in [-0.3, -0.25) is 14.7 Å². The Kier molecular flexibility index (Phi) is 10.7. The number of hydrogen-bond acceptors (Lipinski definition) is 4. The zero-order chi connectivity index (χ0) is 20.6. The summed E-state index contributed by atoms with van der Waals surface area (Å²) in [6, 6.07) is 8.37. The Morgan fingerprint density at radius 3 is 2.52 bits per heavy atom. The first-order chi connectivity index (χ1) is 13.4. The largest absolute Gasteiger partial charge is 0.496 e. The van der Waals surface area contributed by atoms with Crippen molar-refractivity contribution >= 4 is 35.8 Å². The number of nitrogens with two attached hydrogens (primary N) is 1. The highest BCUT2D eigenvalue weighted by molar-refractivity contribution is 14.0. The van der Waals surface area contributed by atoms with Gasteiger partial charge in [-0.05, 0) is 52.8 Å². The summed E-state index contributed by atoms with van der Waals surface area (Å²) in [5, 5.41) is 6.71. The fraction of sp³-hybridized carbons (Fsp3) is 0.619. The summed E-state index contributed by atoms with van der Waals surface area (Å²) in [4.78, 5) is 18.7. The highest BCUT2D eigenvalue weighted by Gasteiger charge is 2.27. The van der Waals surface area contributed by atoms with Gasteiger partial charge in [0, 0.05) is 18.7 Å². The summed E-state index contributed by atoms with van der Waals surface area (Å²) >= 11 is 0. The molecule has 1 aromatic carbocycles. The van der Waals surface area contributed by atoms with E-state index in [9.17, 15) is 4.79 Å². The number of primary amides is 1. The van der Waals surface area contributed by atoms with Gasteiger partial charge in [0.2, 0.25) is 5.91 Å². The van der Waals surface area contributed by atoms with Gasteiger partial charge >= 0.3 is 0 Å². The highest BCUT2D eigenvalue weighted by Crippen LogP contribution is 2.31. The molecule has 1 heterocycles. The fourth-order valence-corrected chi connectivity index (χ4v) is 3.32. The lowest BCUT2D eigenvalue weighted by Crippen LogP contribution is -2.44. The number of rotatable bonds is 9. The molecule has 0 saturated carbocycles. The van der Waals surface area contributed by atoms with Gasteiger partial charge in [0.05, 0.1) is 25.1 Å². The molecule has 1 saturated heterocycles. The Hall–Kier alpha value is -1.55. The predicted octanol–water partition coefficient (Wildman–Crippen LogP) is 2.52. The summed E-state index contributed by atoms with van der Waals surface area (Å²) in [7, 11) is 1.71. The van der Waals surface area contributed by atoms with Gasteiger partial charge in [0.15, 0.2) is 5.96 Å². The van der Waals surface area contributed by atoms with Crippen LogP contribution in [0.1, 0.15) is 45.2 Å². The summed E-state index contributed by atoms with van der Waals surface area (Å²) in [5.74, 6) is 1.24. The van der Waals surface area contributed by atoms with Crippen LogP contribution in [0.15, 0.2) is 29.3 Å². The minimum Gasteiger partial charge on any atom is -0.496 e. The number of nitrogens with zero attached hydrogens (tertiary/aromatic N) is 2. The van der Waals surface area contributed by atoms with Crippen molar-refractivity contribution in [3.8, 4) is 5.75 Å². The highest BCUT2D eigenvalue weighted by atomic mass is 127. The Bertz CT molecular complexity index is 675. The SMILES string of the molecule is CCNC(=NCC(C)(C)C(N)=O)NCC(c1ccccc1OC)N1CCCC1.I. The molecule has 1 aliphatic heterocycles. The van der Waals surface area contributed by atoms with Gasteiger partial charge in [0.1, 0.15) is 5.75 Å². The molecule has 7 nitrogen and oxygen atoms in total. The molecule has 8 heteroatoms. The Morgan fingerprint density at radius 2 is 1.93 bits per heavy atom. The first kappa shape index (κ1) is 25.5. The summed E-state index contributed by atoms with van der Waals surface area (Å²) < 4.78 is 5.61. The van der Waals surface area contributed by atoms with Crippen molar-refractivity contribution in [1.82, 2.24) is 15.5 Å². The third-order valence-electron chi connectivity index (χ3n) is 5.19. The molecule has 0 spiro atoms. The number of halogens is 1. The maximum atomic E-state index is 11.6. The number of aliphatic imine (C=N–C) groups is 1. The quantitative estimate of drug-likeness (QED) is 0.266. The lowest BCUT2D eigenvalue weighted by molar-refractivity contribution is -0.125. The van der Waals surface area contributed by atoms with Crippen LogP contribution in [0.25, 0.3) is 0 Å². The molecule has 1 aliphatic rings. The molecular formula is C21H36IN5O2. The lowest BCUT2D eigenvalue weighted by atomic mass is 9.93. The molecule has 1 fully saturated rings. The van der Waals surface area contributed by atoms with Crippen LogP contribution in [0.4, 0.5) is 0 Å². The molecule has 29 heavy (non-hydrogen) atoms. The van der Waals surface area contributed by atoms with Crippen molar-refractivity contribution in [2.45, 2.75) is 39.7 Å². The number of hydrogen-bond donors (Lipinski definition) is 3. The Morgan fingerprint density at radius 1 is 1.28 bits per heavy atom. The Labute approximate surface area is 191 Å². The lowest BCUT2D eigenvalue weighted by Gasteiger charge is -2.30. The second-order valence-electron chi connectivity index (χ2n) is 7.83. The number of amides is 1. The molecule has 1 atom stereocenters. The van der Waals surface area contributed by atoms with Crippen molar-refractivity contribution in [3.05, 3.63) is 29.8 Å². The molecule has 1 unspecified atom stereocenters. The zero-order valence-electron chi connectivity index (χ0n) is 18.0. The molecule has 1 aromatic rings. The first-order valence-corrected chi connectivity index (χ1v) is 10.1. The molecule has 164 valence electrons. The van der Waals surface area contributed by atoms with E-state index in [1.54, 1.807) is 7.11 Å². The number of ether oxygens (including phenoxy) is 1. The van der Waals surface area contributed by atoms with Crippen molar-refractivity contribution in [2.24, 2.45) is 16.1 Å². The molecule has 0 aliphatic carbocycles. The second-order valence-corrected chi connectivity index (χ2v) is 7.83. The van der Waals surface area contributed by atoms with E-state index in [4.69, 9.17) is 10.5 Å². The molecule has 4 N–H and O–H groups in total. The number of nitrogens with one attached hydrogen (secondary N) is 2. The smallest absolute Gasteiger partial charge is 0.224 e.